The van der Waals surface area contributed by atoms with E-state index in [-0.39, 0.29) is 24.4 Å². The molecule has 5 rings (SSSR count). The van der Waals surface area contributed by atoms with Crippen LogP contribution in [0.4, 0.5) is 17.2 Å². The van der Waals surface area contributed by atoms with E-state index in [9.17, 15) is 13.2 Å². The third-order valence-corrected chi connectivity index (χ3v) is 9.96. The van der Waals surface area contributed by atoms with Gasteiger partial charge in [-0.15, -0.1) is 0 Å². The van der Waals surface area contributed by atoms with Crippen LogP contribution >= 0.6 is 11.6 Å². The number of esters is 1. The highest BCUT2D eigenvalue weighted by Gasteiger charge is 2.28. The van der Waals surface area contributed by atoms with Crippen LogP contribution in [-0.2, 0) is 21.5 Å². The summed E-state index contributed by atoms with van der Waals surface area (Å²) in [6, 6.07) is 14.9. The molecule has 0 bridgehead atoms. The van der Waals surface area contributed by atoms with Gasteiger partial charge in [-0.05, 0) is 81.5 Å². The van der Waals surface area contributed by atoms with Crippen molar-refractivity contribution in [2.75, 3.05) is 30.1 Å². The molecule has 0 unspecified atom stereocenters. The van der Waals surface area contributed by atoms with Crippen molar-refractivity contribution in [2.45, 2.75) is 45.4 Å². The summed E-state index contributed by atoms with van der Waals surface area (Å²) in [4.78, 5) is 24.4. The van der Waals surface area contributed by atoms with Crippen LogP contribution in [0.25, 0.3) is 11.0 Å². The number of benzene rings is 2. The van der Waals surface area contributed by atoms with E-state index >= 15 is 0 Å². The minimum absolute atomic E-state index is 0.0158. The van der Waals surface area contributed by atoms with E-state index in [0.29, 0.717) is 21.9 Å². The molecule has 2 aromatic heterocycles. The molecule has 2 heterocycles. The molecule has 2 aromatic carbocycles. The molecule has 1 fully saturated rings. The van der Waals surface area contributed by atoms with E-state index in [1.807, 2.05) is 56.6 Å². The molecule has 1 aliphatic carbocycles. The van der Waals surface area contributed by atoms with Gasteiger partial charge < -0.3 is 15.0 Å². The van der Waals surface area contributed by atoms with Crippen LogP contribution in [0, 0.1) is 12.8 Å². The normalized spacial score (nSPS) is 17.2. The lowest BCUT2D eigenvalue weighted by atomic mass is 9.86. The van der Waals surface area contributed by atoms with E-state index in [2.05, 4.69) is 24.9 Å². The van der Waals surface area contributed by atoms with Crippen LogP contribution in [0.3, 0.4) is 0 Å². The third kappa shape index (κ3) is 6.53. The minimum atomic E-state index is -3.22. The van der Waals surface area contributed by atoms with Crippen LogP contribution < -0.4 is 14.9 Å². The van der Waals surface area contributed by atoms with E-state index in [1.165, 1.54) is 13.4 Å². The first-order valence-electron chi connectivity index (χ1n) is 13.9. The summed E-state index contributed by atoms with van der Waals surface area (Å²) in [5, 5.41) is 4.80. The Morgan fingerprint density at radius 2 is 1.81 bits per heavy atom. The Morgan fingerprint density at radius 3 is 2.57 bits per heavy atom. The average Bonchev–Trinajstić information content (AvgIpc) is 3.41. The van der Waals surface area contributed by atoms with Gasteiger partial charge in [-0.2, -0.15) is 0 Å². The van der Waals surface area contributed by atoms with Crippen molar-refractivity contribution in [3.8, 4) is 0 Å². The molecule has 0 saturated heterocycles. The molecule has 4 aromatic rings. The first-order valence-corrected chi connectivity index (χ1v) is 15.9. The van der Waals surface area contributed by atoms with Crippen molar-refractivity contribution in [3.63, 3.8) is 0 Å². The zero-order chi connectivity index (χ0) is 29.9. The molecule has 0 spiro atoms. The number of para-hydroxylation sites is 1. The Morgan fingerprint density at radius 1 is 1.07 bits per heavy atom. The van der Waals surface area contributed by atoms with Crippen LogP contribution in [0.2, 0.25) is 5.02 Å². The zero-order valence-corrected chi connectivity index (χ0v) is 25.5. The standard InChI is InChI=1S/C30H35ClN6O4S/c1-20-25(31)8-6-10-26(20)35-27-9-5-4-7-23(27)30(38)41-19-37-16-15-24-28(33-18-34-29(24)37)36(3)22-13-11-21(12-14-22)17-42(39,40)32-2/h4-10,15-16,18,21-22,32,35H,11-14,17,19H2,1-3H3/t21-,22-. The largest absolute Gasteiger partial charge is 0.440 e. The fraction of sp³-hybridized carbons (Fsp3) is 0.367. The lowest BCUT2D eigenvalue weighted by Crippen LogP contribution is -2.38. The van der Waals surface area contributed by atoms with Gasteiger partial charge in [0.2, 0.25) is 10.0 Å². The quantitative estimate of drug-likeness (QED) is 0.226. The second-order valence-electron chi connectivity index (χ2n) is 10.6. The number of anilines is 3. The number of rotatable bonds is 10. The number of halogens is 1. The van der Waals surface area contributed by atoms with Gasteiger partial charge >= 0.3 is 5.97 Å². The first-order chi connectivity index (χ1) is 20.2. The molecule has 0 aliphatic heterocycles. The maximum atomic E-state index is 13.2. The second-order valence-corrected chi connectivity index (χ2v) is 13.0. The molecule has 1 saturated carbocycles. The zero-order valence-electron chi connectivity index (χ0n) is 23.9. The Balaban J connectivity index is 1.26. The Kier molecular flexibility index (Phi) is 9.00. The molecule has 2 N–H and O–H groups in total. The number of carbonyl (C=O) groups is 1. The van der Waals surface area contributed by atoms with Crippen molar-refractivity contribution in [3.05, 3.63) is 77.2 Å². The maximum Gasteiger partial charge on any atom is 0.341 e. The predicted molar refractivity (Wildman–Crippen MR) is 166 cm³/mol. The van der Waals surface area contributed by atoms with Crippen LogP contribution in [-0.4, -0.2) is 54.8 Å². The highest BCUT2D eigenvalue weighted by atomic mass is 35.5. The van der Waals surface area contributed by atoms with Gasteiger partial charge in [0.25, 0.3) is 0 Å². The Hall–Kier alpha value is -3.67. The monoisotopic (exact) mass is 610 g/mol. The first kappa shape index (κ1) is 29.8. The van der Waals surface area contributed by atoms with E-state index < -0.39 is 16.0 Å². The highest BCUT2D eigenvalue weighted by molar-refractivity contribution is 7.89. The maximum absolute atomic E-state index is 13.2. The summed E-state index contributed by atoms with van der Waals surface area (Å²) in [6.45, 7) is 1.90. The number of fused-ring (bicyclic) bond motifs is 1. The number of aromatic nitrogens is 3. The number of carbonyl (C=O) groups excluding carboxylic acids is 1. The Labute approximate surface area is 251 Å². The van der Waals surface area contributed by atoms with Gasteiger partial charge in [0.05, 0.1) is 22.4 Å². The van der Waals surface area contributed by atoms with Gasteiger partial charge in [0.1, 0.15) is 17.8 Å². The lowest BCUT2D eigenvalue weighted by Gasteiger charge is -2.35. The minimum Gasteiger partial charge on any atom is -0.440 e. The smallest absolute Gasteiger partial charge is 0.341 e. The number of nitrogens with one attached hydrogen (secondary N) is 2. The van der Waals surface area contributed by atoms with Crippen LogP contribution in [0.15, 0.2) is 61.1 Å². The second kappa shape index (κ2) is 12.7. The summed E-state index contributed by atoms with van der Waals surface area (Å²) in [5.41, 5.74) is 3.38. The van der Waals surface area contributed by atoms with E-state index in [0.717, 1.165) is 48.1 Å². The third-order valence-electron chi connectivity index (χ3n) is 8.02. The van der Waals surface area contributed by atoms with Gasteiger partial charge in [0.15, 0.2) is 6.73 Å². The molecular formula is C30H35ClN6O4S. The number of nitrogens with zero attached hydrogens (tertiary/aromatic N) is 4. The predicted octanol–water partition coefficient (Wildman–Crippen LogP) is 5.50. The van der Waals surface area contributed by atoms with Crippen molar-refractivity contribution < 1.29 is 17.9 Å². The van der Waals surface area contributed by atoms with Gasteiger partial charge in [0, 0.05) is 30.0 Å². The van der Waals surface area contributed by atoms with Gasteiger partial charge in [-0.25, -0.2) is 27.9 Å². The SMILES string of the molecule is CNS(=O)(=O)C[C@H]1CC[C@H](N(C)c2ncnc3c2ccn3COC(=O)c2ccccc2Nc2cccc(Cl)c2C)CC1. The lowest BCUT2D eigenvalue weighted by molar-refractivity contribution is 0.0380. The summed E-state index contributed by atoms with van der Waals surface area (Å²) in [5.74, 6) is 0.647. The number of hydrogen-bond acceptors (Lipinski definition) is 8. The average molecular weight is 611 g/mol. The summed E-state index contributed by atoms with van der Waals surface area (Å²) in [6.07, 6.45) is 6.80. The fourth-order valence-electron chi connectivity index (χ4n) is 5.51. The molecular weight excluding hydrogens is 576 g/mol. The van der Waals surface area contributed by atoms with E-state index in [1.54, 1.807) is 16.7 Å². The molecule has 12 heteroatoms. The molecule has 0 radical (unpaired) electrons. The summed E-state index contributed by atoms with van der Waals surface area (Å²) >= 11 is 6.27. The van der Waals surface area contributed by atoms with Crippen molar-refractivity contribution >= 4 is 55.8 Å². The summed E-state index contributed by atoms with van der Waals surface area (Å²) in [7, 11) is 0.258. The van der Waals surface area contributed by atoms with E-state index in [4.69, 9.17) is 16.3 Å². The highest BCUT2D eigenvalue weighted by Crippen LogP contribution is 2.33. The molecule has 0 atom stereocenters. The summed E-state index contributed by atoms with van der Waals surface area (Å²) < 4.78 is 33.8. The molecule has 42 heavy (non-hydrogen) atoms. The topological polar surface area (TPSA) is 118 Å². The Bertz CT molecular complexity index is 1680. The molecule has 0 amide bonds. The molecule has 10 nitrogen and oxygen atoms in total. The van der Waals surface area contributed by atoms with Crippen LogP contribution in [0.1, 0.15) is 41.6 Å². The number of ether oxygens (including phenoxy) is 1. The van der Waals surface area contributed by atoms with Crippen molar-refractivity contribution in [1.29, 1.82) is 0 Å². The number of sulfonamides is 1. The van der Waals surface area contributed by atoms with Gasteiger partial charge in [-0.1, -0.05) is 29.8 Å². The number of hydrogen-bond donors (Lipinski definition) is 2. The molecule has 1 aliphatic rings. The van der Waals surface area contributed by atoms with Crippen molar-refractivity contribution in [2.24, 2.45) is 5.92 Å². The fourth-order valence-corrected chi connectivity index (χ4v) is 6.80. The van der Waals surface area contributed by atoms with Gasteiger partial charge in [-0.3, -0.25) is 4.57 Å². The van der Waals surface area contributed by atoms with Crippen molar-refractivity contribution in [1.82, 2.24) is 19.3 Å². The van der Waals surface area contributed by atoms with Crippen LogP contribution in [0.5, 0.6) is 0 Å². The molecule has 222 valence electrons.